The Balaban J connectivity index is 1.83. The first kappa shape index (κ1) is 24.2. The molecule has 30 heavy (non-hydrogen) atoms. The predicted octanol–water partition coefficient (Wildman–Crippen LogP) is 3.03. The molecule has 1 fully saturated rings. The smallest absolute Gasteiger partial charge is 0.234 e. The number of nitrogens with one attached hydrogen (secondary N) is 3. The Morgan fingerprint density at radius 1 is 1.10 bits per heavy atom. The second-order valence-corrected chi connectivity index (χ2v) is 9.19. The Morgan fingerprint density at radius 2 is 1.77 bits per heavy atom. The molecule has 6 heteroatoms. The zero-order valence-electron chi connectivity index (χ0n) is 19.6. The van der Waals surface area contributed by atoms with Gasteiger partial charge in [-0.05, 0) is 42.7 Å². The summed E-state index contributed by atoms with van der Waals surface area (Å²) in [5.41, 5.74) is 2.73. The van der Waals surface area contributed by atoms with Crippen LogP contribution >= 0.6 is 0 Å². The molecule has 1 heterocycles. The molecule has 0 radical (unpaired) electrons. The van der Waals surface area contributed by atoms with E-state index in [1.165, 1.54) is 11.1 Å². The van der Waals surface area contributed by atoms with Gasteiger partial charge in [-0.15, -0.1) is 0 Å². The third-order valence-corrected chi connectivity index (χ3v) is 5.45. The SMILES string of the molecule is CCCNC(=O)CN1CCC(NC(=NCc2ccc(C(C)(C)C)cc2)NCC)CC1. The van der Waals surface area contributed by atoms with Crippen LogP contribution in [0.15, 0.2) is 29.3 Å². The highest BCUT2D eigenvalue weighted by Gasteiger charge is 2.21. The van der Waals surface area contributed by atoms with E-state index in [9.17, 15) is 4.79 Å². The van der Waals surface area contributed by atoms with Crippen LogP contribution < -0.4 is 16.0 Å². The average Bonchev–Trinajstić information content (AvgIpc) is 2.71. The molecule has 1 amide bonds. The highest BCUT2D eigenvalue weighted by atomic mass is 16.2. The van der Waals surface area contributed by atoms with Crippen molar-refractivity contribution in [3.05, 3.63) is 35.4 Å². The van der Waals surface area contributed by atoms with Crippen LogP contribution in [0, 0.1) is 0 Å². The molecule has 0 aromatic heterocycles. The number of hydrogen-bond acceptors (Lipinski definition) is 3. The van der Waals surface area contributed by atoms with Crippen molar-refractivity contribution in [2.75, 3.05) is 32.7 Å². The zero-order valence-corrected chi connectivity index (χ0v) is 19.6. The quantitative estimate of drug-likeness (QED) is 0.451. The maximum Gasteiger partial charge on any atom is 0.234 e. The lowest BCUT2D eigenvalue weighted by molar-refractivity contribution is -0.122. The van der Waals surface area contributed by atoms with Crippen LogP contribution in [0.1, 0.15) is 65.0 Å². The number of hydrogen-bond donors (Lipinski definition) is 3. The van der Waals surface area contributed by atoms with Gasteiger partial charge in [0.1, 0.15) is 0 Å². The first-order chi connectivity index (χ1) is 14.3. The summed E-state index contributed by atoms with van der Waals surface area (Å²) in [5, 5.41) is 9.90. The summed E-state index contributed by atoms with van der Waals surface area (Å²) in [4.78, 5) is 18.9. The number of aliphatic imine (C=N–C) groups is 1. The minimum Gasteiger partial charge on any atom is -0.357 e. The molecule has 1 aliphatic rings. The Labute approximate surface area is 182 Å². The van der Waals surface area contributed by atoms with E-state index in [0.29, 0.717) is 19.1 Å². The minimum absolute atomic E-state index is 0.135. The van der Waals surface area contributed by atoms with Crippen molar-refractivity contribution in [1.82, 2.24) is 20.9 Å². The maximum absolute atomic E-state index is 11.9. The van der Waals surface area contributed by atoms with E-state index in [0.717, 1.165) is 51.4 Å². The summed E-state index contributed by atoms with van der Waals surface area (Å²) in [5.74, 6) is 1.01. The van der Waals surface area contributed by atoms with Crippen LogP contribution in [0.5, 0.6) is 0 Å². The molecule has 6 nitrogen and oxygen atoms in total. The molecule has 2 rings (SSSR count). The van der Waals surface area contributed by atoms with Gasteiger partial charge in [-0.1, -0.05) is 52.0 Å². The summed E-state index contributed by atoms with van der Waals surface area (Å²) in [7, 11) is 0. The maximum atomic E-state index is 11.9. The molecule has 0 atom stereocenters. The van der Waals surface area contributed by atoms with Gasteiger partial charge < -0.3 is 16.0 Å². The molecule has 0 saturated carbocycles. The van der Waals surface area contributed by atoms with Crippen molar-refractivity contribution in [2.24, 2.45) is 4.99 Å². The fourth-order valence-corrected chi connectivity index (χ4v) is 3.55. The van der Waals surface area contributed by atoms with Crippen molar-refractivity contribution in [3.63, 3.8) is 0 Å². The number of guanidine groups is 1. The van der Waals surface area contributed by atoms with Gasteiger partial charge in [0.25, 0.3) is 0 Å². The van der Waals surface area contributed by atoms with Crippen LogP contribution in [-0.4, -0.2) is 55.5 Å². The fourth-order valence-electron chi connectivity index (χ4n) is 3.55. The van der Waals surface area contributed by atoms with Crippen LogP contribution in [0.2, 0.25) is 0 Å². The Kier molecular flexibility index (Phi) is 9.63. The van der Waals surface area contributed by atoms with E-state index in [-0.39, 0.29) is 11.3 Å². The standard InChI is InChI=1S/C24H41N5O/c1-6-14-26-22(30)18-29-15-12-21(13-16-29)28-23(25-7-2)27-17-19-8-10-20(11-9-19)24(3,4)5/h8-11,21H,6-7,12-18H2,1-5H3,(H,26,30)(H2,25,27,28). The van der Waals surface area contributed by atoms with E-state index < -0.39 is 0 Å². The summed E-state index contributed by atoms with van der Waals surface area (Å²) in [6, 6.07) is 9.15. The lowest BCUT2D eigenvalue weighted by Crippen LogP contribution is -2.50. The molecule has 0 bridgehead atoms. The van der Waals surface area contributed by atoms with Gasteiger partial charge in [0.15, 0.2) is 5.96 Å². The molecule has 1 aliphatic heterocycles. The minimum atomic E-state index is 0.135. The molecule has 0 spiro atoms. The van der Waals surface area contributed by atoms with Crippen LogP contribution in [0.4, 0.5) is 0 Å². The number of carbonyl (C=O) groups excluding carboxylic acids is 1. The van der Waals surface area contributed by atoms with Gasteiger partial charge in [0, 0.05) is 32.2 Å². The van der Waals surface area contributed by atoms with Gasteiger partial charge in [-0.2, -0.15) is 0 Å². The van der Waals surface area contributed by atoms with E-state index >= 15 is 0 Å². The van der Waals surface area contributed by atoms with Crippen molar-refractivity contribution in [3.8, 4) is 0 Å². The predicted molar refractivity (Wildman–Crippen MR) is 126 cm³/mol. The van der Waals surface area contributed by atoms with Crippen molar-refractivity contribution in [2.45, 2.75) is 71.9 Å². The van der Waals surface area contributed by atoms with Crippen molar-refractivity contribution < 1.29 is 4.79 Å². The summed E-state index contributed by atoms with van der Waals surface area (Å²) in [6.07, 6.45) is 3.02. The number of rotatable bonds is 8. The number of benzene rings is 1. The molecule has 1 aromatic rings. The second kappa shape index (κ2) is 11.9. The average molecular weight is 416 g/mol. The van der Waals surface area contributed by atoms with Crippen molar-refractivity contribution in [1.29, 1.82) is 0 Å². The molecule has 3 N–H and O–H groups in total. The first-order valence-electron chi connectivity index (χ1n) is 11.4. The Hall–Kier alpha value is -2.08. The van der Waals surface area contributed by atoms with Gasteiger partial charge in [-0.25, -0.2) is 4.99 Å². The topological polar surface area (TPSA) is 68.8 Å². The fraction of sp³-hybridized carbons (Fsp3) is 0.667. The largest absolute Gasteiger partial charge is 0.357 e. The molecule has 1 saturated heterocycles. The number of amides is 1. The van der Waals surface area contributed by atoms with E-state index in [4.69, 9.17) is 4.99 Å². The highest BCUT2D eigenvalue weighted by Crippen LogP contribution is 2.22. The van der Waals surface area contributed by atoms with E-state index in [2.05, 4.69) is 79.7 Å². The molecular weight excluding hydrogens is 374 g/mol. The summed E-state index contributed by atoms with van der Waals surface area (Å²) >= 11 is 0. The zero-order chi connectivity index (χ0) is 22.0. The van der Waals surface area contributed by atoms with E-state index in [1.807, 2.05) is 0 Å². The van der Waals surface area contributed by atoms with E-state index in [1.54, 1.807) is 0 Å². The molecule has 0 aliphatic carbocycles. The first-order valence-corrected chi connectivity index (χ1v) is 11.4. The van der Waals surface area contributed by atoms with Crippen LogP contribution in [0.25, 0.3) is 0 Å². The highest BCUT2D eigenvalue weighted by molar-refractivity contribution is 5.80. The lowest BCUT2D eigenvalue weighted by Gasteiger charge is -2.32. The number of nitrogens with zero attached hydrogens (tertiary/aromatic N) is 2. The number of carbonyl (C=O) groups is 1. The van der Waals surface area contributed by atoms with Gasteiger partial charge >= 0.3 is 0 Å². The second-order valence-electron chi connectivity index (χ2n) is 9.19. The van der Waals surface area contributed by atoms with Crippen molar-refractivity contribution >= 4 is 11.9 Å². The normalized spacial score (nSPS) is 16.4. The lowest BCUT2D eigenvalue weighted by atomic mass is 9.87. The summed E-state index contributed by atoms with van der Waals surface area (Å²) in [6.45, 7) is 15.5. The third-order valence-electron chi connectivity index (χ3n) is 5.45. The summed E-state index contributed by atoms with van der Waals surface area (Å²) < 4.78 is 0. The number of piperidine rings is 1. The Morgan fingerprint density at radius 3 is 2.33 bits per heavy atom. The van der Waals surface area contributed by atoms with Gasteiger partial charge in [0.05, 0.1) is 13.1 Å². The monoisotopic (exact) mass is 415 g/mol. The molecule has 168 valence electrons. The van der Waals surface area contributed by atoms with Gasteiger partial charge in [-0.3, -0.25) is 9.69 Å². The third kappa shape index (κ3) is 8.34. The molecule has 0 unspecified atom stereocenters. The Bertz CT molecular complexity index is 670. The van der Waals surface area contributed by atoms with Crippen LogP contribution in [-0.2, 0) is 16.8 Å². The van der Waals surface area contributed by atoms with Gasteiger partial charge in [0.2, 0.25) is 5.91 Å². The molecular formula is C24H41N5O. The molecule has 1 aromatic carbocycles. The van der Waals surface area contributed by atoms with Crippen LogP contribution in [0.3, 0.4) is 0 Å². The number of likely N-dealkylation sites (tertiary alicyclic amines) is 1.